The summed E-state index contributed by atoms with van der Waals surface area (Å²) in [4.78, 5) is 33.2. The zero-order valence-corrected chi connectivity index (χ0v) is 21.5. The summed E-state index contributed by atoms with van der Waals surface area (Å²) in [6.45, 7) is 4.67. The number of phenolic OH excluding ortho intramolecular Hbond substituents is 1. The molecule has 0 bridgehead atoms. The number of phenols is 1. The van der Waals surface area contributed by atoms with Crippen molar-refractivity contribution in [2.45, 2.75) is 6.42 Å². The van der Waals surface area contributed by atoms with Crippen molar-refractivity contribution in [2.24, 2.45) is 5.92 Å². The van der Waals surface area contributed by atoms with Gasteiger partial charge in [-0.3, -0.25) is 14.5 Å². The Bertz CT molecular complexity index is 1230. The summed E-state index contributed by atoms with van der Waals surface area (Å²) in [6, 6.07) is 19.3. The minimum absolute atomic E-state index is 0.0200. The Morgan fingerprint density at radius 3 is 2.53 bits per heavy atom. The number of hydrogen-bond donors (Lipinski definition) is 2. The third-order valence-corrected chi connectivity index (χ3v) is 8.31. The molecule has 7 nitrogen and oxygen atoms in total. The van der Waals surface area contributed by atoms with E-state index in [1.54, 1.807) is 17.4 Å². The molecule has 5 rings (SSSR count). The van der Waals surface area contributed by atoms with E-state index in [0.29, 0.717) is 38.3 Å². The number of amides is 2. The van der Waals surface area contributed by atoms with Crippen LogP contribution in [0.3, 0.4) is 0 Å². The molecular formula is C27H29ClN4O3S. The van der Waals surface area contributed by atoms with Crippen LogP contribution in [0.4, 0.5) is 10.7 Å². The zero-order chi connectivity index (χ0) is 25.1. The lowest BCUT2D eigenvalue weighted by atomic mass is 10.1. The van der Waals surface area contributed by atoms with Gasteiger partial charge in [-0.15, -0.1) is 11.3 Å². The van der Waals surface area contributed by atoms with Gasteiger partial charge in [0.1, 0.15) is 5.75 Å². The molecule has 2 N–H and O–H groups in total. The highest BCUT2D eigenvalue weighted by atomic mass is 35.5. The van der Waals surface area contributed by atoms with E-state index in [4.69, 9.17) is 11.6 Å². The average Bonchev–Trinajstić information content (AvgIpc) is 3.57. The maximum Gasteiger partial charge on any atom is 0.236 e. The van der Waals surface area contributed by atoms with E-state index in [2.05, 4.69) is 51.5 Å². The maximum absolute atomic E-state index is 13.0. The van der Waals surface area contributed by atoms with E-state index >= 15 is 0 Å². The van der Waals surface area contributed by atoms with Crippen LogP contribution >= 0.6 is 22.9 Å². The standard InChI is InChI=1S/C27H29ClN4O3S/c28-22-16-21(6-7-23(22)33)29-27(35)20-10-11-30(17-20)18-25(34)31-12-14-32(15-13-31)26-9-8-24(36-26)19-4-2-1-3-5-19/h1-9,16,20,33H,10-15,17-18H2,(H,29,35)/t20-/m1/s1. The summed E-state index contributed by atoms with van der Waals surface area (Å²) in [5.41, 5.74) is 1.78. The minimum atomic E-state index is -0.181. The van der Waals surface area contributed by atoms with E-state index in [9.17, 15) is 14.7 Å². The van der Waals surface area contributed by atoms with E-state index in [0.717, 1.165) is 19.6 Å². The van der Waals surface area contributed by atoms with Crippen LogP contribution in [-0.2, 0) is 9.59 Å². The van der Waals surface area contributed by atoms with Gasteiger partial charge in [0, 0.05) is 43.3 Å². The number of carbonyl (C=O) groups is 2. The largest absolute Gasteiger partial charge is 0.506 e. The van der Waals surface area contributed by atoms with Crippen molar-refractivity contribution in [3.05, 3.63) is 65.7 Å². The van der Waals surface area contributed by atoms with Crippen molar-refractivity contribution < 1.29 is 14.7 Å². The molecule has 0 unspecified atom stereocenters. The number of benzene rings is 2. The zero-order valence-electron chi connectivity index (χ0n) is 19.9. The maximum atomic E-state index is 13.0. The predicted octanol–water partition coefficient (Wildman–Crippen LogP) is 4.38. The molecule has 2 aliphatic rings. The molecule has 2 aromatic carbocycles. The number of aromatic hydroxyl groups is 1. The topological polar surface area (TPSA) is 76.1 Å². The molecule has 9 heteroatoms. The van der Waals surface area contributed by atoms with E-state index in [1.807, 2.05) is 11.0 Å². The highest BCUT2D eigenvalue weighted by Crippen LogP contribution is 2.34. The fourth-order valence-electron chi connectivity index (χ4n) is 4.74. The molecule has 0 saturated carbocycles. The normalized spacial score (nSPS) is 18.4. The summed E-state index contributed by atoms with van der Waals surface area (Å²) in [7, 11) is 0. The Hall–Kier alpha value is -3.07. The Labute approximate surface area is 219 Å². The Morgan fingerprint density at radius 1 is 1.00 bits per heavy atom. The second kappa shape index (κ2) is 10.9. The second-order valence-electron chi connectivity index (χ2n) is 9.25. The smallest absolute Gasteiger partial charge is 0.236 e. The van der Waals surface area contributed by atoms with Gasteiger partial charge >= 0.3 is 0 Å². The summed E-state index contributed by atoms with van der Waals surface area (Å²) in [5, 5.41) is 13.8. The van der Waals surface area contributed by atoms with Crippen molar-refractivity contribution in [1.82, 2.24) is 9.80 Å². The SMILES string of the molecule is O=C(Nc1ccc(O)c(Cl)c1)[C@@H]1CCN(CC(=O)N2CCN(c3ccc(-c4ccccc4)s3)CC2)C1. The van der Waals surface area contributed by atoms with Crippen LogP contribution in [0.5, 0.6) is 5.75 Å². The summed E-state index contributed by atoms with van der Waals surface area (Å²) in [6.07, 6.45) is 0.709. The van der Waals surface area contributed by atoms with Gasteiger partial charge in [0.25, 0.3) is 0 Å². The Morgan fingerprint density at radius 2 is 1.78 bits per heavy atom. The van der Waals surface area contributed by atoms with Crippen LogP contribution < -0.4 is 10.2 Å². The van der Waals surface area contributed by atoms with E-state index < -0.39 is 0 Å². The first kappa shape index (κ1) is 24.6. The number of hydrogen-bond acceptors (Lipinski definition) is 6. The van der Waals surface area contributed by atoms with Crippen molar-refractivity contribution in [3.8, 4) is 16.2 Å². The van der Waals surface area contributed by atoms with Crippen LogP contribution in [0.1, 0.15) is 6.42 Å². The van der Waals surface area contributed by atoms with Crippen LogP contribution in [0.2, 0.25) is 5.02 Å². The van der Waals surface area contributed by atoms with Crippen LogP contribution in [-0.4, -0.2) is 72.5 Å². The number of piperazine rings is 1. The molecule has 188 valence electrons. The third-order valence-electron chi connectivity index (χ3n) is 6.81. The minimum Gasteiger partial charge on any atom is -0.506 e. The number of rotatable bonds is 6. The summed E-state index contributed by atoms with van der Waals surface area (Å²) >= 11 is 7.72. The highest BCUT2D eigenvalue weighted by Gasteiger charge is 2.31. The van der Waals surface area contributed by atoms with Gasteiger partial charge in [-0.25, -0.2) is 0 Å². The molecule has 3 heterocycles. The van der Waals surface area contributed by atoms with Gasteiger partial charge in [-0.2, -0.15) is 0 Å². The molecule has 0 aliphatic carbocycles. The van der Waals surface area contributed by atoms with Gasteiger partial charge < -0.3 is 20.2 Å². The summed E-state index contributed by atoms with van der Waals surface area (Å²) < 4.78 is 0. The number of likely N-dealkylation sites (tertiary alicyclic amines) is 1. The molecule has 2 aliphatic heterocycles. The molecular weight excluding hydrogens is 496 g/mol. The van der Waals surface area contributed by atoms with Crippen molar-refractivity contribution in [3.63, 3.8) is 0 Å². The second-order valence-corrected chi connectivity index (χ2v) is 10.7. The number of nitrogens with zero attached hydrogens (tertiary/aromatic N) is 3. The predicted molar refractivity (Wildman–Crippen MR) is 145 cm³/mol. The quantitative estimate of drug-likeness (QED) is 0.468. The molecule has 2 amide bonds. The molecule has 1 aromatic heterocycles. The van der Waals surface area contributed by atoms with Crippen LogP contribution in [0.25, 0.3) is 10.4 Å². The van der Waals surface area contributed by atoms with E-state index in [-0.39, 0.29) is 28.5 Å². The van der Waals surface area contributed by atoms with Crippen molar-refractivity contribution >= 4 is 45.4 Å². The molecule has 1 atom stereocenters. The molecule has 36 heavy (non-hydrogen) atoms. The number of anilines is 2. The number of halogens is 1. The van der Waals surface area contributed by atoms with E-state index in [1.165, 1.54) is 27.6 Å². The summed E-state index contributed by atoms with van der Waals surface area (Å²) in [5.74, 6) is -0.170. The highest BCUT2D eigenvalue weighted by molar-refractivity contribution is 7.19. The first-order chi connectivity index (χ1) is 17.5. The average molecular weight is 525 g/mol. The number of nitrogens with one attached hydrogen (secondary N) is 1. The first-order valence-electron chi connectivity index (χ1n) is 12.2. The fraction of sp³-hybridized carbons (Fsp3) is 0.333. The Balaban J connectivity index is 1.08. The molecule has 2 saturated heterocycles. The van der Waals surface area contributed by atoms with Gasteiger partial charge in [0.2, 0.25) is 11.8 Å². The van der Waals surface area contributed by atoms with Gasteiger partial charge in [-0.05, 0) is 48.9 Å². The van der Waals surface area contributed by atoms with Crippen molar-refractivity contribution in [2.75, 3.05) is 56.0 Å². The number of thiophene rings is 1. The lowest BCUT2D eigenvalue weighted by Crippen LogP contribution is -2.51. The molecule has 2 fully saturated rings. The lowest BCUT2D eigenvalue weighted by Gasteiger charge is -2.36. The van der Waals surface area contributed by atoms with Crippen LogP contribution in [0, 0.1) is 5.92 Å². The molecule has 0 spiro atoms. The lowest BCUT2D eigenvalue weighted by molar-refractivity contribution is -0.132. The fourth-order valence-corrected chi connectivity index (χ4v) is 5.99. The number of carbonyl (C=O) groups excluding carboxylic acids is 2. The monoisotopic (exact) mass is 524 g/mol. The van der Waals surface area contributed by atoms with Crippen molar-refractivity contribution in [1.29, 1.82) is 0 Å². The Kier molecular flexibility index (Phi) is 7.46. The van der Waals surface area contributed by atoms with Gasteiger partial charge in [0.15, 0.2) is 0 Å². The third kappa shape index (κ3) is 5.67. The molecule has 0 radical (unpaired) electrons. The first-order valence-corrected chi connectivity index (χ1v) is 13.4. The molecule has 3 aromatic rings. The van der Waals surface area contributed by atoms with Crippen LogP contribution in [0.15, 0.2) is 60.7 Å². The van der Waals surface area contributed by atoms with Gasteiger partial charge in [0.05, 0.1) is 22.5 Å². The van der Waals surface area contributed by atoms with Gasteiger partial charge in [-0.1, -0.05) is 41.9 Å².